The summed E-state index contributed by atoms with van der Waals surface area (Å²) in [6.07, 6.45) is 9.56. The van der Waals surface area contributed by atoms with E-state index in [-0.39, 0.29) is 5.60 Å². The third-order valence-corrected chi connectivity index (χ3v) is 5.54. The van der Waals surface area contributed by atoms with Crippen LogP contribution in [0.3, 0.4) is 0 Å². The lowest BCUT2D eigenvalue weighted by Gasteiger charge is -2.47. The molecule has 2 aliphatic rings. The maximum Gasteiger partial charge on any atom is 0.0700 e. The number of piperidine rings is 1. The Morgan fingerprint density at radius 2 is 1.95 bits per heavy atom. The predicted octanol–water partition coefficient (Wildman–Crippen LogP) is 3.64. The Bertz CT molecular complexity index is 432. The molecule has 1 N–H and O–H groups in total. The van der Waals surface area contributed by atoms with Gasteiger partial charge >= 0.3 is 0 Å². The van der Waals surface area contributed by atoms with Gasteiger partial charge in [-0.2, -0.15) is 0 Å². The molecule has 2 unspecified atom stereocenters. The number of hydrogen-bond donors (Lipinski definition) is 1. The van der Waals surface area contributed by atoms with Gasteiger partial charge in [0.05, 0.1) is 5.60 Å². The van der Waals surface area contributed by atoms with Crippen molar-refractivity contribution in [1.82, 2.24) is 4.90 Å². The van der Waals surface area contributed by atoms with Gasteiger partial charge in [-0.05, 0) is 50.6 Å². The van der Waals surface area contributed by atoms with E-state index in [1.54, 1.807) is 0 Å². The molecule has 0 bridgehead atoms. The first-order chi connectivity index (χ1) is 10.3. The average Bonchev–Trinajstić information content (AvgIpc) is 2.52. The van der Waals surface area contributed by atoms with Crippen molar-refractivity contribution in [2.24, 2.45) is 5.92 Å². The van der Waals surface area contributed by atoms with Gasteiger partial charge in [0.2, 0.25) is 0 Å². The van der Waals surface area contributed by atoms with Gasteiger partial charge in [0.1, 0.15) is 0 Å². The Morgan fingerprint density at radius 1 is 1.10 bits per heavy atom. The maximum absolute atomic E-state index is 10.7. The number of hydrogen-bond acceptors (Lipinski definition) is 2. The molecule has 1 aliphatic heterocycles. The highest BCUT2D eigenvalue weighted by Gasteiger charge is 2.42. The fraction of sp³-hybridized carbons (Fsp3) is 0.684. The van der Waals surface area contributed by atoms with Crippen LogP contribution in [-0.4, -0.2) is 35.2 Å². The van der Waals surface area contributed by atoms with Crippen LogP contribution in [-0.2, 0) is 6.42 Å². The Morgan fingerprint density at radius 3 is 2.81 bits per heavy atom. The molecule has 1 saturated heterocycles. The van der Waals surface area contributed by atoms with Gasteiger partial charge in [0.25, 0.3) is 0 Å². The summed E-state index contributed by atoms with van der Waals surface area (Å²) in [6.45, 7) is 3.43. The number of nitrogens with zero attached hydrogens (tertiary/aromatic N) is 1. The number of benzene rings is 1. The van der Waals surface area contributed by atoms with Crippen LogP contribution in [0.5, 0.6) is 0 Å². The van der Waals surface area contributed by atoms with E-state index in [0.717, 1.165) is 25.9 Å². The zero-order valence-corrected chi connectivity index (χ0v) is 13.1. The second-order valence-electron chi connectivity index (χ2n) is 7.04. The molecule has 1 saturated carbocycles. The first-order valence-electron chi connectivity index (χ1n) is 8.75. The van der Waals surface area contributed by atoms with Crippen molar-refractivity contribution in [3.05, 3.63) is 35.9 Å². The molecule has 2 heteroatoms. The lowest BCUT2D eigenvalue weighted by atomic mass is 9.71. The largest absolute Gasteiger partial charge is 0.390 e. The van der Waals surface area contributed by atoms with Crippen molar-refractivity contribution < 1.29 is 5.11 Å². The van der Waals surface area contributed by atoms with Crippen molar-refractivity contribution in [2.45, 2.75) is 57.0 Å². The number of unbranched alkanes of at least 4 members (excludes halogenated alkanes) is 1. The second kappa shape index (κ2) is 6.93. The summed E-state index contributed by atoms with van der Waals surface area (Å²) in [7, 11) is 0. The molecule has 0 aromatic heterocycles. The Kier molecular flexibility index (Phi) is 4.97. The first-order valence-corrected chi connectivity index (χ1v) is 8.75. The molecular formula is C19H29NO. The van der Waals surface area contributed by atoms with Gasteiger partial charge in [-0.3, -0.25) is 0 Å². The number of aliphatic hydroxyl groups is 1. The topological polar surface area (TPSA) is 23.5 Å². The van der Waals surface area contributed by atoms with E-state index in [1.165, 1.54) is 50.6 Å². The minimum Gasteiger partial charge on any atom is -0.390 e. The zero-order chi connectivity index (χ0) is 14.5. The number of likely N-dealkylation sites (tertiary alicyclic amines) is 1. The SMILES string of the molecule is OC12CCCCC1CN(CCCCc1ccccc1)CC2. The summed E-state index contributed by atoms with van der Waals surface area (Å²) in [6, 6.07) is 10.8. The van der Waals surface area contributed by atoms with Crippen LogP contribution in [0.25, 0.3) is 0 Å². The van der Waals surface area contributed by atoms with Gasteiger partial charge in [-0.25, -0.2) is 0 Å². The molecule has 21 heavy (non-hydrogen) atoms. The van der Waals surface area contributed by atoms with E-state index in [2.05, 4.69) is 35.2 Å². The number of fused-ring (bicyclic) bond motifs is 1. The predicted molar refractivity (Wildman–Crippen MR) is 87.3 cm³/mol. The fourth-order valence-corrected chi connectivity index (χ4v) is 4.15. The summed E-state index contributed by atoms with van der Waals surface area (Å²) in [4.78, 5) is 2.59. The van der Waals surface area contributed by atoms with Gasteiger partial charge in [-0.15, -0.1) is 0 Å². The van der Waals surface area contributed by atoms with Gasteiger partial charge in [-0.1, -0.05) is 43.2 Å². The molecule has 116 valence electrons. The van der Waals surface area contributed by atoms with Crippen LogP contribution in [0.15, 0.2) is 30.3 Å². The van der Waals surface area contributed by atoms with Crippen LogP contribution in [0.1, 0.15) is 50.5 Å². The summed E-state index contributed by atoms with van der Waals surface area (Å²) >= 11 is 0. The Hall–Kier alpha value is -0.860. The summed E-state index contributed by atoms with van der Waals surface area (Å²) in [5.41, 5.74) is 1.14. The van der Waals surface area contributed by atoms with Crippen molar-refractivity contribution >= 4 is 0 Å². The summed E-state index contributed by atoms with van der Waals surface area (Å²) in [5, 5.41) is 10.7. The maximum atomic E-state index is 10.7. The molecule has 0 spiro atoms. The van der Waals surface area contributed by atoms with Gasteiger partial charge < -0.3 is 10.0 Å². The van der Waals surface area contributed by atoms with E-state index in [9.17, 15) is 5.11 Å². The molecule has 1 aromatic rings. The minimum atomic E-state index is -0.321. The van der Waals surface area contributed by atoms with E-state index in [4.69, 9.17) is 0 Å². The molecule has 0 amide bonds. The van der Waals surface area contributed by atoms with Crippen molar-refractivity contribution in [1.29, 1.82) is 0 Å². The molecule has 3 rings (SSSR count). The quantitative estimate of drug-likeness (QED) is 0.836. The third kappa shape index (κ3) is 3.87. The summed E-state index contributed by atoms with van der Waals surface area (Å²) in [5.74, 6) is 0.536. The highest BCUT2D eigenvalue weighted by Crippen LogP contribution is 2.39. The zero-order valence-electron chi connectivity index (χ0n) is 13.1. The fourth-order valence-electron chi connectivity index (χ4n) is 4.15. The van der Waals surface area contributed by atoms with Gasteiger partial charge in [0, 0.05) is 19.0 Å². The van der Waals surface area contributed by atoms with Crippen molar-refractivity contribution in [3.8, 4) is 0 Å². The second-order valence-corrected chi connectivity index (χ2v) is 7.04. The lowest BCUT2D eigenvalue weighted by Crippen LogP contribution is -2.53. The third-order valence-electron chi connectivity index (χ3n) is 5.54. The Labute approximate surface area is 129 Å². The molecule has 2 atom stereocenters. The van der Waals surface area contributed by atoms with E-state index in [0.29, 0.717) is 5.92 Å². The molecule has 2 fully saturated rings. The number of rotatable bonds is 5. The highest BCUT2D eigenvalue weighted by molar-refractivity contribution is 5.14. The molecule has 0 radical (unpaired) electrons. The molecule has 1 aliphatic carbocycles. The average molecular weight is 287 g/mol. The molecule has 1 aromatic carbocycles. The van der Waals surface area contributed by atoms with Crippen molar-refractivity contribution in [3.63, 3.8) is 0 Å². The monoisotopic (exact) mass is 287 g/mol. The van der Waals surface area contributed by atoms with E-state index >= 15 is 0 Å². The molecule has 1 heterocycles. The van der Waals surface area contributed by atoms with Gasteiger partial charge in [0.15, 0.2) is 0 Å². The number of aryl methyl sites for hydroxylation is 1. The van der Waals surface area contributed by atoms with Crippen LogP contribution < -0.4 is 0 Å². The first kappa shape index (κ1) is 15.1. The standard InChI is InChI=1S/C19H29NO/c21-19-12-6-4-11-18(19)16-20(15-13-19)14-7-5-10-17-8-2-1-3-9-17/h1-3,8-9,18,21H,4-7,10-16H2. The van der Waals surface area contributed by atoms with Crippen LogP contribution >= 0.6 is 0 Å². The van der Waals surface area contributed by atoms with E-state index < -0.39 is 0 Å². The highest BCUT2D eigenvalue weighted by atomic mass is 16.3. The van der Waals surface area contributed by atoms with E-state index in [1.807, 2.05) is 0 Å². The van der Waals surface area contributed by atoms with Crippen LogP contribution in [0, 0.1) is 5.92 Å². The normalized spacial score (nSPS) is 30.0. The Balaban J connectivity index is 1.39. The minimum absolute atomic E-state index is 0.321. The summed E-state index contributed by atoms with van der Waals surface area (Å²) < 4.78 is 0. The van der Waals surface area contributed by atoms with Crippen molar-refractivity contribution in [2.75, 3.05) is 19.6 Å². The van der Waals surface area contributed by atoms with Crippen LogP contribution in [0.4, 0.5) is 0 Å². The smallest absolute Gasteiger partial charge is 0.0700 e. The van der Waals surface area contributed by atoms with Crippen LogP contribution in [0.2, 0.25) is 0 Å². The molecule has 2 nitrogen and oxygen atoms in total. The lowest BCUT2D eigenvalue weighted by molar-refractivity contribution is -0.0953. The molecular weight excluding hydrogens is 258 g/mol.